The highest BCUT2D eigenvalue weighted by molar-refractivity contribution is 9.10. The Balaban J connectivity index is 2.36. The zero-order valence-corrected chi connectivity index (χ0v) is 13.0. The van der Waals surface area contributed by atoms with Crippen molar-refractivity contribution in [2.24, 2.45) is 0 Å². The molecule has 0 unspecified atom stereocenters. The van der Waals surface area contributed by atoms with Gasteiger partial charge in [0.05, 0.1) is 16.6 Å². The summed E-state index contributed by atoms with van der Waals surface area (Å²) in [4.78, 5) is 12.3. The molecule has 0 amide bonds. The molecule has 0 heterocycles. The molecule has 0 saturated carbocycles. The summed E-state index contributed by atoms with van der Waals surface area (Å²) in [6.07, 6.45) is 0. The lowest BCUT2D eigenvalue weighted by atomic mass is 10.0. The molecule has 5 heteroatoms. The second-order valence-electron chi connectivity index (χ2n) is 4.03. The summed E-state index contributed by atoms with van der Waals surface area (Å²) in [6, 6.07) is 8.88. The molecule has 0 atom stereocenters. The molecule has 0 fully saturated rings. The van der Waals surface area contributed by atoms with Crippen molar-refractivity contribution >= 4 is 33.3 Å². The molecule has 104 valence electrons. The van der Waals surface area contributed by atoms with E-state index in [1.807, 2.05) is 6.92 Å². The highest BCUT2D eigenvalue weighted by Gasteiger charge is 2.15. The van der Waals surface area contributed by atoms with E-state index in [9.17, 15) is 9.18 Å². The molecule has 0 aliphatic heterocycles. The monoisotopic (exact) mass is 356 g/mol. The van der Waals surface area contributed by atoms with Gasteiger partial charge in [0.1, 0.15) is 11.6 Å². The molecule has 0 bridgehead atoms. The summed E-state index contributed by atoms with van der Waals surface area (Å²) in [5, 5.41) is 0.256. The predicted molar refractivity (Wildman–Crippen MR) is 80.2 cm³/mol. The molecular weight excluding hydrogens is 347 g/mol. The van der Waals surface area contributed by atoms with E-state index in [1.165, 1.54) is 12.1 Å². The molecule has 0 N–H and O–H groups in total. The fourth-order valence-corrected chi connectivity index (χ4v) is 2.40. The number of ketones is 1. The van der Waals surface area contributed by atoms with Gasteiger partial charge in [-0.05, 0) is 59.3 Å². The molecule has 0 saturated heterocycles. The molecule has 0 radical (unpaired) electrons. The van der Waals surface area contributed by atoms with E-state index in [4.69, 9.17) is 16.3 Å². The van der Waals surface area contributed by atoms with Gasteiger partial charge in [-0.25, -0.2) is 4.39 Å². The highest BCUT2D eigenvalue weighted by atomic mass is 79.9. The van der Waals surface area contributed by atoms with Crippen molar-refractivity contribution in [2.75, 3.05) is 6.61 Å². The van der Waals surface area contributed by atoms with E-state index < -0.39 is 11.6 Å². The molecule has 20 heavy (non-hydrogen) atoms. The Kier molecular flexibility index (Phi) is 4.78. The lowest BCUT2D eigenvalue weighted by Gasteiger charge is -2.08. The third kappa shape index (κ3) is 3.19. The maximum absolute atomic E-state index is 13.7. The average molecular weight is 358 g/mol. The Labute approximate surface area is 129 Å². The molecule has 2 rings (SSSR count). The van der Waals surface area contributed by atoms with Crippen LogP contribution in [-0.2, 0) is 0 Å². The van der Waals surface area contributed by atoms with Gasteiger partial charge in [-0.15, -0.1) is 0 Å². The number of carbonyl (C=O) groups excluding carboxylic acids is 1. The maximum Gasteiger partial charge on any atom is 0.196 e. The van der Waals surface area contributed by atoms with E-state index in [1.54, 1.807) is 18.2 Å². The van der Waals surface area contributed by atoms with Crippen molar-refractivity contribution in [1.82, 2.24) is 0 Å². The summed E-state index contributed by atoms with van der Waals surface area (Å²) < 4.78 is 19.8. The first-order valence-corrected chi connectivity index (χ1v) is 7.12. The molecule has 0 aliphatic rings. The molecule has 2 aromatic carbocycles. The summed E-state index contributed by atoms with van der Waals surface area (Å²) >= 11 is 9.00. The number of rotatable bonds is 4. The number of carbonyl (C=O) groups is 1. The van der Waals surface area contributed by atoms with Crippen LogP contribution < -0.4 is 4.74 Å². The van der Waals surface area contributed by atoms with E-state index in [2.05, 4.69) is 15.9 Å². The van der Waals surface area contributed by atoms with Crippen LogP contribution in [0.3, 0.4) is 0 Å². The van der Waals surface area contributed by atoms with Gasteiger partial charge < -0.3 is 4.74 Å². The number of hydrogen-bond acceptors (Lipinski definition) is 2. The molecule has 0 aliphatic carbocycles. The summed E-state index contributed by atoms with van der Waals surface area (Å²) in [6.45, 7) is 2.40. The number of hydrogen-bond donors (Lipinski definition) is 0. The Morgan fingerprint density at radius 1 is 1.30 bits per heavy atom. The first kappa shape index (κ1) is 15.0. The van der Waals surface area contributed by atoms with Crippen LogP contribution in [0, 0.1) is 5.82 Å². The van der Waals surface area contributed by atoms with Crippen molar-refractivity contribution in [2.45, 2.75) is 6.92 Å². The van der Waals surface area contributed by atoms with Gasteiger partial charge in [0.25, 0.3) is 0 Å². The predicted octanol–water partition coefficient (Wildman–Crippen LogP) is 4.87. The highest BCUT2D eigenvalue weighted by Crippen LogP contribution is 2.27. The van der Waals surface area contributed by atoms with Gasteiger partial charge in [0, 0.05) is 10.6 Å². The smallest absolute Gasteiger partial charge is 0.196 e. The van der Waals surface area contributed by atoms with Crippen LogP contribution in [0.2, 0.25) is 5.02 Å². The van der Waals surface area contributed by atoms with Crippen LogP contribution >= 0.6 is 27.5 Å². The van der Waals surface area contributed by atoms with Gasteiger partial charge in [-0.2, -0.15) is 0 Å². The summed E-state index contributed by atoms with van der Waals surface area (Å²) in [5.41, 5.74) is 0.368. The van der Waals surface area contributed by atoms with Gasteiger partial charge in [0.2, 0.25) is 0 Å². The van der Waals surface area contributed by atoms with Crippen molar-refractivity contribution < 1.29 is 13.9 Å². The number of halogens is 3. The fraction of sp³-hybridized carbons (Fsp3) is 0.133. The minimum absolute atomic E-state index is 0.00883. The molecule has 2 nitrogen and oxygen atoms in total. The van der Waals surface area contributed by atoms with Gasteiger partial charge >= 0.3 is 0 Å². The molecular formula is C15H11BrClFO2. The number of ether oxygens (including phenoxy) is 1. The Hall–Kier alpha value is -1.39. The Bertz CT molecular complexity index is 658. The zero-order chi connectivity index (χ0) is 14.7. The van der Waals surface area contributed by atoms with E-state index in [0.29, 0.717) is 22.4 Å². The minimum Gasteiger partial charge on any atom is -0.493 e. The molecule has 0 aromatic heterocycles. The third-order valence-corrected chi connectivity index (χ3v) is 3.52. The van der Waals surface area contributed by atoms with Crippen LogP contribution in [0.25, 0.3) is 0 Å². The van der Waals surface area contributed by atoms with Crippen molar-refractivity contribution in [1.29, 1.82) is 0 Å². The van der Waals surface area contributed by atoms with Gasteiger partial charge in [-0.1, -0.05) is 11.6 Å². The van der Waals surface area contributed by atoms with Gasteiger partial charge in [-0.3, -0.25) is 4.79 Å². The summed E-state index contributed by atoms with van der Waals surface area (Å²) in [5.74, 6) is -0.393. The topological polar surface area (TPSA) is 26.3 Å². The average Bonchev–Trinajstić information content (AvgIpc) is 2.40. The van der Waals surface area contributed by atoms with E-state index >= 15 is 0 Å². The van der Waals surface area contributed by atoms with Crippen molar-refractivity contribution in [3.8, 4) is 5.75 Å². The van der Waals surface area contributed by atoms with Crippen LogP contribution in [-0.4, -0.2) is 12.4 Å². The van der Waals surface area contributed by atoms with Gasteiger partial charge in [0.15, 0.2) is 5.78 Å². The Morgan fingerprint density at radius 3 is 2.65 bits per heavy atom. The van der Waals surface area contributed by atoms with Crippen LogP contribution in [0.15, 0.2) is 40.9 Å². The normalized spacial score (nSPS) is 10.4. The standard InChI is InChI=1S/C15H11BrClFO2/c1-2-20-14-6-3-9(7-12(14)16)15(19)11-5-4-10(17)8-13(11)18/h3-8H,2H2,1H3. The van der Waals surface area contributed by atoms with Crippen LogP contribution in [0.5, 0.6) is 5.75 Å². The SMILES string of the molecule is CCOc1ccc(C(=O)c2ccc(Cl)cc2F)cc1Br. The lowest BCUT2D eigenvalue weighted by molar-refractivity contribution is 0.103. The van der Waals surface area contributed by atoms with Crippen LogP contribution in [0.4, 0.5) is 4.39 Å². The molecule has 2 aromatic rings. The minimum atomic E-state index is -0.632. The molecule has 0 spiro atoms. The first-order chi connectivity index (χ1) is 9.52. The fourth-order valence-electron chi connectivity index (χ4n) is 1.74. The first-order valence-electron chi connectivity index (χ1n) is 5.95. The quantitative estimate of drug-likeness (QED) is 0.730. The number of benzene rings is 2. The second kappa shape index (κ2) is 6.37. The zero-order valence-electron chi connectivity index (χ0n) is 10.6. The van der Waals surface area contributed by atoms with Crippen molar-refractivity contribution in [3.05, 3.63) is 62.8 Å². The van der Waals surface area contributed by atoms with E-state index in [-0.39, 0.29) is 10.6 Å². The largest absolute Gasteiger partial charge is 0.493 e. The lowest BCUT2D eigenvalue weighted by Crippen LogP contribution is -2.04. The maximum atomic E-state index is 13.7. The van der Waals surface area contributed by atoms with Crippen molar-refractivity contribution in [3.63, 3.8) is 0 Å². The third-order valence-electron chi connectivity index (χ3n) is 2.67. The second-order valence-corrected chi connectivity index (χ2v) is 5.32. The van der Waals surface area contributed by atoms with Crippen LogP contribution in [0.1, 0.15) is 22.8 Å². The Morgan fingerprint density at radius 2 is 2.05 bits per heavy atom. The summed E-state index contributed by atoms with van der Waals surface area (Å²) in [7, 11) is 0. The van der Waals surface area contributed by atoms with E-state index in [0.717, 1.165) is 6.07 Å².